The molecule has 3 nitrogen and oxygen atoms in total. The summed E-state index contributed by atoms with van der Waals surface area (Å²) >= 11 is 3.35. The summed E-state index contributed by atoms with van der Waals surface area (Å²) < 4.78 is 0.907. The van der Waals surface area contributed by atoms with Crippen LogP contribution in [0.1, 0.15) is 5.56 Å². The van der Waals surface area contributed by atoms with E-state index in [2.05, 4.69) is 43.8 Å². The lowest BCUT2D eigenvalue weighted by atomic mass is 10.2. The van der Waals surface area contributed by atoms with E-state index in [9.17, 15) is 0 Å². The number of hydrogen-bond acceptors (Lipinski definition) is 3. The van der Waals surface area contributed by atoms with Crippen molar-refractivity contribution in [3.8, 4) is 0 Å². The first kappa shape index (κ1) is 11.0. The van der Waals surface area contributed by atoms with Gasteiger partial charge in [0.05, 0.1) is 0 Å². The molecular formula is C11H16BrN3. The Kier molecular flexibility index (Phi) is 3.72. The van der Waals surface area contributed by atoms with Crippen molar-refractivity contribution in [3.63, 3.8) is 0 Å². The lowest BCUT2D eigenvalue weighted by Crippen LogP contribution is -2.43. The quantitative estimate of drug-likeness (QED) is 0.761. The van der Waals surface area contributed by atoms with Crippen LogP contribution < -0.4 is 0 Å². The Bertz CT molecular complexity index is 304. The highest BCUT2D eigenvalue weighted by Crippen LogP contribution is 2.10. The third-order valence-electron chi connectivity index (χ3n) is 2.79. The molecule has 1 saturated heterocycles. The number of halogens is 1. The first-order chi connectivity index (χ1) is 7.24. The number of hydrogen-bond donors (Lipinski definition) is 0. The van der Waals surface area contributed by atoms with Gasteiger partial charge in [0.1, 0.15) is 4.60 Å². The summed E-state index contributed by atoms with van der Waals surface area (Å²) in [6.07, 6.45) is 1.95. The van der Waals surface area contributed by atoms with Crippen molar-refractivity contribution in [1.82, 2.24) is 14.8 Å². The third kappa shape index (κ3) is 3.26. The lowest BCUT2D eigenvalue weighted by molar-refractivity contribution is 0.148. The SMILES string of the molecule is CN1CCN(Cc2ccc(Br)nc2)CC1. The van der Waals surface area contributed by atoms with Gasteiger partial charge in [0.15, 0.2) is 0 Å². The van der Waals surface area contributed by atoms with Crippen molar-refractivity contribution in [1.29, 1.82) is 0 Å². The van der Waals surface area contributed by atoms with Crippen LogP contribution in [0.5, 0.6) is 0 Å². The maximum absolute atomic E-state index is 4.24. The van der Waals surface area contributed by atoms with Gasteiger partial charge in [-0.1, -0.05) is 6.07 Å². The highest BCUT2D eigenvalue weighted by molar-refractivity contribution is 9.10. The van der Waals surface area contributed by atoms with Gasteiger partial charge in [-0.2, -0.15) is 0 Å². The van der Waals surface area contributed by atoms with Crippen molar-refractivity contribution in [3.05, 3.63) is 28.5 Å². The first-order valence-corrected chi connectivity index (χ1v) is 6.05. The van der Waals surface area contributed by atoms with Crippen molar-refractivity contribution in [2.75, 3.05) is 33.2 Å². The van der Waals surface area contributed by atoms with Crippen LogP contribution in [0.25, 0.3) is 0 Å². The minimum absolute atomic E-state index is 0.907. The van der Waals surface area contributed by atoms with Gasteiger partial charge in [-0.05, 0) is 34.6 Å². The fourth-order valence-electron chi connectivity index (χ4n) is 1.76. The zero-order valence-electron chi connectivity index (χ0n) is 8.99. The van der Waals surface area contributed by atoms with Gasteiger partial charge in [-0.25, -0.2) is 4.98 Å². The van der Waals surface area contributed by atoms with E-state index in [0.29, 0.717) is 0 Å². The van der Waals surface area contributed by atoms with E-state index in [1.807, 2.05) is 12.3 Å². The molecule has 1 aromatic rings. The Morgan fingerprint density at radius 3 is 2.60 bits per heavy atom. The Labute approximate surface area is 99.2 Å². The van der Waals surface area contributed by atoms with E-state index in [1.54, 1.807) is 0 Å². The maximum Gasteiger partial charge on any atom is 0.106 e. The molecule has 0 N–H and O–H groups in total. The summed E-state index contributed by atoms with van der Waals surface area (Å²) in [6.45, 7) is 5.68. The van der Waals surface area contributed by atoms with E-state index in [-0.39, 0.29) is 0 Å². The fourth-order valence-corrected chi connectivity index (χ4v) is 2.00. The third-order valence-corrected chi connectivity index (χ3v) is 3.26. The molecule has 82 valence electrons. The van der Waals surface area contributed by atoms with E-state index >= 15 is 0 Å². The zero-order chi connectivity index (χ0) is 10.7. The van der Waals surface area contributed by atoms with Crippen molar-refractivity contribution < 1.29 is 0 Å². The smallest absolute Gasteiger partial charge is 0.106 e. The molecule has 1 aliphatic heterocycles. The van der Waals surface area contributed by atoms with E-state index in [4.69, 9.17) is 0 Å². The highest BCUT2D eigenvalue weighted by Gasteiger charge is 2.13. The molecule has 0 bridgehead atoms. The molecule has 0 saturated carbocycles. The minimum atomic E-state index is 0.907. The number of rotatable bonds is 2. The van der Waals surface area contributed by atoms with Crippen molar-refractivity contribution in [2.24, 2.45) is 0 Å². The van der Waals surface area contributed by atoms with Crippen molar-refractivity contribution >= 4 is 15.9 Å². The van der Waals surface area contributed by atoms with Gasteiger partial charge < -0.3 is 4.90 Å². The molecule has 15 heavy (non-hydrogen) atoms. The topological polar surface area (TPSA) is 19.4 Å². The first-order valence-electron chi connectivity index (χ1n) is 5.25. The van der Waals surface area contributed by atoms with Crippen LogP contribution >= 0.6 is 15.9 Å². The molecule has 0 atom stereocenters. The predicted molar refractivity (Wildman–Crippen MR) is 64.7 cm³/mol. The molecule has 1 aliphatic rings. The molecule has 2 heterocycles. The monoisotopic (exact) mass is 269 g/mol. The maximum atomic E-state index is 4.24. The van der Waals surface area contributed by atoms with Gasteiger partial charge in [0, 0.05) is 38.9 Å². The zero-order valence-corrected chi connectivity index (χ0v) is 10.6. The molecule has 2 rings (SSSR count). The molecule has 0 amide bonds. The number of aromatic nitrogens is 1. The summed E-state index contributed by atoms with van der Waals surface area (Å²) in [5.41, 5.74) is 1.29. The summed E-state index contributed by atoms with van der Waals surface area (Å²) in [6, 6.07) is 4.14. The lowest BCUT2D eigenvalue weighted by Gasteiger charge is -2.32. The second-order valence-electron chi connectivity index (χ2n) is 4.07. The Hall–Kier alpha value is -0.450. The molecule has 0 aliphatic carbocycles. The van der Waals surface area contributed by atoms with Crippen LogP contribution in [0, 0.1) is 0 Å². The standard InChI is InChI=1S/C11H16BrN3/c1-14-4-6-15(7-5-14)9-10-2-3-11(12)13-8-10/h2-3,8H,4-7,9H2,1H3. The molecular weight excluding hydrogens is 254 g/mol. The summed E-state index contributed by atoms with van der Waals surface area (Å²) in [5.74, 6) is 0. The second kappa shape index (κ2) is 5.05. The number of piperazine rings is 1. The number of likely N-dealkylation sites (N-methyl/N-ethyl adjacent to an activating group) is 1. The predicted octanol–water partition coefficient (Wildman–Crippen LogP) is 1.59. The van der Waals surface area contributed by atoms with E-state index in [1.165, 1.54) is 18.7 Å². The Morgan fingerprint density at radius 1 is 1.27 bits per heavy atom. The average molecular weight is 270 g/mol. The molecule has 0 aromatic carbocycles. The summed E-state index contributed by atoms with van der Waals surface area (Å²) in [5, 5.41) is 0. The fraction of sp³-hybridized carbons (Fsp3) is 0.545. The number of pyridine rings is 1. The van der Waals surface area contributed by atoms with Crippen LogP contribution in [0.4, 0.5) is 0 Å². The van der Waals surface area contributed by atoms with Gasteiger partial charge >= 0.3 is 0 Å². The van der Waals surface area contributed by atoms with Crippen LogP contribution in [-0.4, -0.2) is 48.0 Å². The van der Waals surface area contributed by atoms with Crippen LogP contribution in [-0.2, 0) is 6.54 Å². The van der Waals surface area contributed by atoms with Gasteiger partial charge in [0.25, 0.3) is 0 Å². The van der Waals surface area contributed by atoms with E-state index in [0.717, 1.165) is 24.2 Å². The van der Waals surface area contributed by atoms with E-state index < -0.39 is 0 Å². The summed E-state index contributed by atoms with van der Waals surface area (Å²) in [4.78, 5) is 9.09. The normalized spacial score (nSPS) is 19.3. The van der Waals surface area contributed by atoms with Gasteiger partial charge in [0.2, 0.25) is 0 Å². The molecule has 4 heteroatoms. The summed E-state index contributed by atoms with van der Waals surface area (Å²) in [7, 11) is 2.18. The molecule has 0 spiro atoms. The van der Waals surface area contributed by atoms with Crippen LogP contribution in [0.2, 0.25) is 0 Å². The largest absolute Gasteiger partial charge is 0.304 e. The molecule has 0 unspecified atom stereocenters. The van der Waals surface area contributed by atoms with Crippen molar-refractivity contribution in [2.45, 2.75) is 6.54 Å². The minimum Gasteiger partial charge on any atom is -0.304 e. The van der Waals surface area contributed by atoms with Gasteiger partial charge in [-0.3, -0.25) is 4.90 Å². The Morgan fingerprint density at radius 2 is 2.00 bits per heavy atom. The number of nitrogens with zero attached hydrogens (tertiary/aromatic N) is 3. The molecule has 1 fully saturated rings. The van der Waals surface area contributed by atoms with Crippen LogP contribution in [0.15, 0.2) is 22.9 Å². The average Bonchev–Trinajstić information content (AvgIpc) is 2.25. The van der Waals surface area contributed by atoms with Gasteiger partial charge in [-0.15, -0.1) is 0 Å². The molecule has 0 radical (unpaired) electrons. The highest BCUT2D eigenvalue weighted by atomic mass is 79.9. The van der Waals surface area contributed by atoms with Crippen LogP contribution in [0.3, 0.4) is 0 Å². The Balaban J connectivity index is 1.89. The second-order valence-corrected chi connectivity index (χ2v) is 4.88. The molecule has 1 aromatic heterocycles.